The van der Waals surface area contributed by atoms with E-state index in [1.54, 1.807) is 17.0 Å². The molecule has 1 amide bonds. The van der Waals surface area contributed by atoms with Crippen molar-refractivity contribution < 1.29 is 33.6 Å². The highest BCUT2D eigenvalue weighted by molar-refractivity contribution is 6.46. The van der Waals surface area contributed by atoms with Gasteiger partial charge in [0.1, 0.15) is 24.2 Å². The first-order valence-corrected chi connectivity index (χ1v) is 15.2. The molecule has 9 heteroatoms. The average Bonchev–Trinajstić information content (AvgIpc) is 3.54. The molecule has 44 heavy (non-hydrogen) atoms. The molecule has 0 radical (unpaired) electrons. The lowest BCUT2D eigenvalue weighted by Crippen LogP contribution is -2.42. The minimum atomic E-state index is -0.804. The Morgan fingerprint density at radius 3 is 2.52 bits per heavy atom. The number of Topliss-reactive ketones (excluding diaryl/α,β-unsaturated/α-hetero) is 1. The third-order valence-electron chi connectivity index (χ3n) is 8.29. The summed E-state index contributed by atoms with van der Waals surface area (Å²) in [5, 5.41) is 11.7. The number of aliphatic hydroxyl groups is 1. The van der Waals surface area contributed by atoms with Crippen LogP contribution in [0.3, 0.4) is 0 Å². The van der Waals surface area contributed by atoms with Gasteiger partial charge in [-0.1, -0.05) is 36.4 Å². The molecule has 3 aliphatic heterocycles. The van der Waals surface area contributed by atoms with Crippen molar-refractivity contribution in [2.24, 2.45) is 0 Å². The SMILES string of the molecule is CCOc1cc([C@H]2/C(=C(\O)c3ccc4c(c3)C[C@H](C)O4)C(=O)C(=O)N2CCN2CCOCC2)ccc1OCc1ccccc1. The lowest BCUT2D eigenvalue weighted by molar-refractivity contribution is -0.140. The molecule has 3 aromatic rings. The molecule has 0 unspecified atom stereocenters. The maximum absolute atomic E-state index is 13.7. The Morgan fingerprint density at radius 2 is 1.75 bits per heavy atom. The van der Waals surface area contributed by atoms with Gasteiger partial charge in [0.25, 0.3) is 11.7 Å². The summed E-state index contributed by atoms with van der Waals surface area (Å²) < 4.78 is 23.4. The van der Waals surface area contributed by atoms with Gasteiger partial charge in [0.15, 0.2) is 11.5 Å². The van der Waals surface area contributed by atoms with Crippen LogP contribution < -0.4 is 14.2 Å². The van der Waals surface area contributed by atoms with Crippen LogP contribution in [-0.4, -0.2) is 78.7 Å². The number of amides is 1. The van der Waals surface area contributed by atoms with Crippen molar-refractivity contribution in [3.63, 3.8) is 0 Å². The molecular formula is C35H38N2O7. The summed E-state index contributed by atoms with van der Waals surface area (Å²) in [6.07, 6.45) is 0.739. The van der Waals surface area contributed by atoms with Crippen LogP contribution in [0.2, 0.25) is 0 Å². The lowest BCUT2D eigenvalue weighted by Gasteiger charge is -2.31. The van der Waals surface area contributed by atoms with Gasteiger partial charge in [0.2, 0.25) is 0 Å². The predicted octanol–water partition coefficient (Wildman–Crippen LogP) is 4.74. The highest BCUT2D eigenvalue weighted by Gasteiger charge is 2.46. The van der Waals surface area contributed by atoms with Crippen molar-refractivity contribution in [2.45, 2.75) is 39.0 Å². The van der Waals surface area contributed by atoms with Crippen molar-refractivity contribution in [1.82, 2.24) is 9.80 Å². The fourth-order valence-corrected chi connectivity index (χ4v) is 6.07. The molecular weight excluding hydrogens is 560 g/mol. The number of hydrogen-bond donors (Lipinski definition) is 1. The number of morpholine rings is 1. The van der Waals surface area contributed by atoms with E-state index in [1.165, 1.54) is 0 Å². The van der Waals surface area contributed by atoms with E-state index < -0.39 is 17.7 Å². The van der Waals surface area contributed by atoms with Crippen molar-refractivity contribution >= 4 is 17.4 Å². The molecule has 9 nitrogen and oxygen atoms in total. The fraction of sp³-hybridized carbons (Fsp3) is 0.371. The van der Waals surface area contributed by atoms with Crippen LogP contribution in [0, 0.1) is 0 Å². The highest BCUT2D eigenvalue weighted by Crippen LogP contribution is 2.43. The number of fused-ring (bicyclic) bond motifs is 1. The molecule has 2 atom stereocenters. The predicted molar refractivity (Wildman–Crippen MR) is 165 cm³/mol. The Bertz CT molecular complexity index is 1550. The number of ketones is 1. The van der Waals surface area contributed by atoms with Crippen LogP contribution in [-0.2, 0) is 27.4 Å². The average molecular weight is 599 g/mol. The molecule has 0 spiro atoms. The van der Waals surface area contributed by atoms with Gasteiger partial charge < -0.3 is 29.0 Å². The molecule has 0 aromatic heterocycles. The van der Waals surface area contributed by atoms with Crippen molar-refractivity contribution in [3.05, 3.63) is 94.6 Å². The molecule has 2 saturated heterocycles. The monoisotopic (exact) mass is 598 g/mol. The second-order valence-electron chi connectivity index (χ2n) is 11.3. The summed E-state index contributed by atoms with van der Waals surface area (Å²) in [4.78, 5) is 31.0. The van der Waals surface area contributed by atoms with Crippen molar-refractivity contribution in [2.75, 3.05) is 46.0 Å². The van der Waals surface area contributed by atoms with Crippen LogP contribution >= 0.6 is 0 Å². The van der Waals surface area contributed by atoms with Gasteiger partial charge >= 0.3 is 0 Å². The Morgan fingerprint density at radius 1 is 0.955 bits per heavy atom. The van der Waals surface area contributed by atoms with Crippen molar-refractivity contribution in [3.8, 4) is 17.2 Å². The van der Waals surface area contributed by atoms with E-state index >= 15 is 0 Å². The normalized spacial score (nSPS) is 21.3. The minimum Gasteiger partial charge on any atom is -0.507 e. The highest BCUT2D eigenvalue weighted by atomic mass is 16.5. The number of benzene rings is 3. The van der Waals surface area contributed by atoms with Crippen LogP contribution in [0.1, 0.15) is 42.1 Å². The molecule has 0 bridgehead atoms. The molecule has 3 aliphatic rings. The molecule has 230 valence electrons. The second kappa shape index (κ2) is 13.1. The fourth-order valence-electron chi connectivity index (χ4n) is 6.07. The zero-order chi connectivity index (χ0) is 30.6. The van der Waals surface area contributed by atoms with Crippen LogP contribution in [0.15, 0.2) is 72.3 Å². The summed E-state index contributed by atoms with van der Waals surface area (Å²) in [6, 6.07) is 19.9. The number of aliphatic hydroxyl groups excluding tert-OH is 1. The Kier molecular flexibility index (Phi) is 8.86. The number of hydrogen-bond acceptors (Lipinski definition) is 8. The maximum atomic E-state index is 13.7. The number of carbonyl (C=O) groups excluding carboxylic acids is 2. The Labute approximate surface area is 257 Å². The van der Waals surface area contributed by atoms with Crippen LogP contribution in [0.4, 0.5) is 0 Å². The zero-order valence-corrected chi connectivity index (χ0v) is 25.2. The van der Waals surface area contributed by atoms with Crippen LogP contribution in [0.5, 0.6) is 17.2 Å². The van der Waals surface area contributed by atoms with E-state index in [-0.39, 0.29) is 17.4 Å². The largest absolute Gasteiger partial charge is 0.507 e. The molecule has 3 heterocycles. The quantitative estimate of drug-likeness (QED) is 0.203. The van der Waals surface area contributed by atoms with Crippen LogP contribution in [0.25, 0.3) is 5.76 Å². The van der Waals surface area contributed by atoms with E-state index in [0.717, 1.165) is 30.0 Å². The summed E-state index contributed by atoms with van der Waals surface area (Å²) in [5.41, 5.74) is 3.17. The summed E-state index contributed by atoms with van der Waals surface area (Å²) in [5.74, 6) is 0.282. The third kappa shape index (κ3) is 6.16. The van der Waals surface area contributed by atoms with Crippen molar-refractivity contribution in [1.29, 1.82) is 0 Å². The van der Waals surface area contributed by atoms with E-state index in [1.807, 2.05) is 68.4 Å². The molecule has 3 aromatic carbocycles. The number of likely N-dealkylation sites (tertiary alicyclic amines) is 1. The first-order valence-electron chi connectivity index (χ1n) is 15.2. The van der Waals surface area contributed by atoms with Gasteiger partial charge in [0.05, 0.1) is 31.4 Å². The van der Waals surface area contributed by atoms with Gasteiger partial charge in [-0.25, -0.2) is 0 Å². The third-order valence-corrected chi connectivity index (χ3v) is 8.29. The molecule has 0 aliphatic carbocycles. The standard InChI is InChI=1S/C35H38N2O7/c1-3-42-30-21-25(9-12-29(30)43-22-24-7-5-4-6-8-24)32-31(33(38)26-10-11-28-27(20-26)19-23(2)44-28)34(39)35(40)37(32)14-13-36-15-17-41-18-16-36/h4-12,20-21,23,32,38H,3,13-19,22H2,1-2H3/b33-31+/t23-,32-/m0/s1. The van der Waals surface area contributed by atoms with Gasteiger partial charge in [0, 0.05) is 38.2 Å². The summed E-state index contributed by atoms with van der Waals surface area (Å²) in [7, 11) is 0. The maximum Gasteiger partial charge on any atom is 0.295 e. The van der Waals surface area contributed by atoms with E-state index in [4.69, 9.17) is 18.9 Å². The Hall–Kier alpha value is -4.34. The number of carbonyl (C=O) groups is 2. The van der Waals surface area contributed by atoms with Gasteiger partial charge in [-0.05, 0) is 60.9 Å². The first kappa shape index (κ1) is 29.7. The van der Waals surface area contributed by atoms with E-state index in [9.17, 15) is 14.7 Å². The van der Waals surface area contributed by atoms with Gasteiger partial charge in [-0.2, -0.15) is 0 Å². The summed E-state index contributed by atoms with van der Waals surface area (Å²) >= 11 is 0. The minimum absolute atomic E-state index is 0.0350. The van der Waals surface area contributed by atoms with E-state index in [2.05, 4.69) is 4.90 Å². The summed E-state index contributed by atoms with van der Waals surface area (Å²) in [6.45, 7) is 8.31. The molecule has 0 saturated carbocycles. The second-order valence-corrected chi connectivity index (χ2v) is 11.3. The Balaban J connectivity index is 1.37. The number of ether oxygens (including phenoxy) is 4. The molecule has 6 rings (SSSR count). The first-order chi connectivity index (χ1) is 21.4. The lowest BCUT2D eigenvalue weighted by atomic mass is 9.94. The van der Waals surface area contributed by atoms with Gasteiger partial charge in [-0.15, -0.1) is 0 Å². The topological polar surface area (TPSA) is 97.8 Å². The molecule has 2 fully saturated rings. The zero-order valence-electron chi connectivity index (χ0n) is 25.2. The smallest absolute Gasteiger partial charge is 0.295 e. The van der Waals surface area contributed by atoms with Gasteiger partial charge in [-0.3, -0.25) is 14.5 Å². The number of rotatable bonds is 10. The van der Waals surface area contributed by atoms with E-state index in [0.29, 0.717) is 68.6 Å². The number of nitrogens with zero attached hydrogens (tertiary/aromatic N) is 2. The molecule has 1 N–H and O–H groups in total.